The summed E-state index contributed by atoms with van der Waals surface area (Å²) in [5.74, 6) is 2.36. The Kier molecular flexibility index (Phi) is 4.15. The van der Waals surface area contributed by atoms with E-state index in [2.05, 4.69) is 11.2 Å². The smallest absolute Gasteiger partial charge is 0.127 e. The SMILES string of the molecule is C#CCCNCc1cc(C)ccc1F. The predicted octanol–water partition coefficient (Wildman–Crippen LogP) is 2.25. The molecule has 1 aromatic rings. The van der Waals surface area contributed by atoms with Gasteiger partial charge in [0.25, 0.3) is 0 Å². The molecule has 0 heterocycles. The predicted molar refractivity (Wildman–Crippen MR) is 56.3 cm³/mol. The van der Waals surface area contributed by atoms with Crippen LogP contribution < -0.4 is 5.32 Å². The van der Waals surface area contributed by atoms with Gasteiger partial charge in [-0.2, -0.15) is 0 Å². The van der Waals surface area contributed by atoms with Crippen molar-refractivity contribution in [2.75, 3.05) is 6.54 Å². The maximum atomic E-state index is 13.2. The third kappa shape index (κ3) is 3.20. The average Bonchev–Trinajstić information content (AvgIpc) is 2.18. The molecule has 0 spiro atoms. The zero-order chi connectivity index (χ0) is 10.4. The van der Waals surface area contributed by atoms with Gasteiger partial charge in [-0.25, -0.2) is 4.39 Å². The van der Waals surface area contributed by atoms with Crippen molar-refractivity contribution < 1.29 is 4.39 Å². The first-order chi connectivity index (χ1) is 6.74. The van der Waals surface area contributed by atoms with E-state index in [1.807, 2.05) is 13.0 Å². The molecule has 1 rings (SSSR count). The van der Waals surface area contributed by atoms with Gasteiger partial charge in [0.2, 0.25) is 0 Å². The van der Waals surface area contributed by atoms with Crippen LogP contribution in [0.3, 0.4) is 0 Å². The highest BCUT2D eigenvalue weighted by Crippen LogP contribution is 2.09. The van der Waals surface area contributed by atoms with Gasteiger partial charge < -0.3 is 5.32 Å². The number of nitrogens with one attached hydrogen (secondary N) is 1. The second kappa shape index (κ2) is 5.41. The van der Waals surface area contributed by atoms with E-state index in [-0.39, 0.29) is 5.82 Å². The number of hydrogen-bond acceptors (Lipinski definition) is 1. The maximum Gasteiger partial charge on any atom is 0.127 e. The van der Waals surface area contributed by atoms with Crippen LogP contribution in [0, 0.1) is 25.1 Å². The van der Waals surface area contributed by atoms with Crippen molar-refractivity contribution in [1.29, 1.82) is 0 Å². The summed E-state index contributed by atoms with van der Waals surface area (Å²) in [6.07, 6.45) is 5.77. The number of benzene rings is 1. The minimum Gasteiger partial charge on any atom is -0.312 e. The Morgan fingerprint density at radius 3 is 3.00 bits per heavy atom. The molecule has 0 aliphatic carbocycles. The molecule has 74 valence electrons. The summed E-state index contributed by atoms with van der Waals surface area (Å²) < 4.78 is 13.2. The lowest BCUT2D eigenvalue weighted by Crippen LogP contribution is -2.15. The lowest BCUT2D eigenvalue weighted by Gasteiger charge is -2.05. The summed E-state index contributed by atoms with van der Waals surface area (Å²) in [5.41, 5.74) is 1.77. The van der Waals surface area contributed by atoms with Crippen LogP contribution >= 0.6 is 0 Å². The summed E-state index contributed by atoms with van der Waals surface area (Å²) in [6.45, 7) is 3.21. The fraction of sp³-hybridized carbons (Fsp3) is 0.333. The van der Waals surface area contributed by atoms with E-state index in [0.717, 1.165) is 12.1 Å². The van der Waals surface area contributed by atoms with Crippen molar-refractivity contribution >= 4 is 0 Å². The fourth-order valence-corrected chi connectivity index (χ4v) is 1.22. The first-order valence-electron chi connectivity index (χ1n) is 4.63. The van der Waals surface area contributed by atoms with Crippen molar-refractivity contribution in [3.63, 3.8) is 0 Å². The lowest BCUT2D eigenvalue weighted by atomic mass is 10.1. The number of terminal acetylenes is 1. The second-order valence-corrected chi connectivity index (χ2v) is 3.23. The van der Waals surface area contributed by atoms with E-state index in [1.165, 1.54) is 6.07 Å². The van der Waals surface area contributed by atoms with Gasteiger partial charge in [0.05, 0.1) is 0 Å². The zero-order valence-corrected chi connectivity index (χ0v) is 8.31. The van der Waals surface area contributed by atoms with Crippen LogP contribution in [0.4, 0.5) is 4.39 Å². The van der Waals surface area contributed by atoms with Crippen LogP contribution in [-0.2, 0) is 6.54 Å². The molecule has 0 unspecified atom stereocenters. The fourth-order valence-electron chi connectivity index (χ4n) is 1.22. The molecule has 1 N–H and O–H groups in total. The van der Waals surface area contributed by atoms with Crippen LogP contribution in [0.1, 0.15) is 17.5 Å². The van der Waals surface area contributed by atoms with E-state index >= 15 is 0 Å². The molecule has 0 saturated carbocycles. The Bertz CT molecular complexity index is 339. The highest BCUT2D eigenvalue weighted by molar-refractivity contribution is 5.23. The Labute approximate surface area is 84.3 Å². The van der Waals surface area contributed by atoms with Gasteiger partial charge in [-0.1, -0.05) is 17.7 Å². The molecule has 1 aromatic carbocycles. The molecule has 0 aliphatic heterocycles. The molecule has 2 heteroatoms. The van der Waals surface area contributed by atoms with Crippen LogP contribution in [0.15, 0.2) is 18.2 Å². The Morgan fingerprint density at radius 1 is 1.50 bits per heavy atom. The Hall–Kier alpha value is -1.33. The van der Waals surface area contributed by atoms with Crippen LogP contribution in [0.2, 0.25) is 0 Å². The van der Waals surface area contributed by atoms with Crippen molar-refractivity contribution in [3.05, 3.63) is 35.1 Å². The van der Waals surface area contributed by atoms with Gasteiger partial charge in [0.1, 0.15) is 5.82 Å². The molecule has 0 aromatic heterocycles. The van der Waals surface area contributed by atoms with Gasteiger partial charge >= 0.3 is 0 Å². The molecule has 14 heavy (non-hydrogen) atoms. The molecule has 1 nitrogen and oxygen atoms in total. The number of rotatable bonds is 4. The van der Waals surface area contributed by atoms with Crippen molar-refractivity contribution in [2.24, 2.45) is 0 Å². The third-order valence-electron chi connectivity index (χ3n) is 1.96. The second-order valence-electron chi connectivity index (χ2n) is 3.23. The third-order valence-corrected chi connectivity index (χ3v) is 1.96. The van der Waals surface area contributed by atoms with Crippen LogP contribution in [-0.4, -0.2) is 6.54 Å². The van der Waals surface area contributed by atoms with Crippen LogP contribution in [0.5, 0.6) is 0 Å². The number of aryl methyl sites for hydroxylation is 1. The first-order valence-corrected chi connectivity index (χ1v) is 4.63. The molecule has 0 bridgehead atoms. The Morgan fingerprint density at radius 2 is 2.29 bits per heavy atom. The zero-order valence-electron chi connectivity index (χ0n) is 8.31. The lowest BCUT2D eigenvalue weighted by molar-refractivity contribution is 0.590. The van der Waals surface area contributed by atoms with Gasteiger partial charge in [-0.3, -0.25) is 0 Å². The molecular weight excluding hydrogens is 177 g/mol. The van der Waals surface area contributed by atoms with E-state index in [4.69, 9.17) is 6.42 Å². The summed E-state index contributed by atoms with van der Waals surface area (Å²) in [6, 6.07) is 5.10. The summed E-state index contributed by atoms with van der Waals surface area (Å²) in [4.78, 5) is 0. The largest absolute Gasteiger partial charge is 0.312 e. The molecule has 0 amide bonds. The summed E-state index contributed by atoms with van der Waals surface area (Å²) >= 11 is 0. The van der Waals surface area contributed by atoms with Gasteiger partial charge in [-0.05, 0) is 13.0 Å². The molecule has 0 atom stereocenters. The van der Waals surface area contributed by atoms with E-state index < -0.39 is 0 Å². The number of halogens is 1. The van der Waals surface area contributed by atoms with Crippen LogP contribution in [0.25, 0.3) is 0 Å². The minimum atomic E-state index is -0.163. The molecule has 0 aliphatic rings. The van der Waals surface area contributed by atoms with Crippen molar-refractivity contribution in [1.82, 2.24) is 5.32 Å². The van der Waals surface area contributed by atoms with Crippen molar-refractivity contribution in [3.8, 4) is 12.3 Å². The first kappa shape index (κ1) is 10.7. The topological polar surface area (TPSA) is 12.0 Å². The van der Waals surface area contributed by atoms with Gasteiger partial charge in [0.15, 0.2) is 0 Å². The normalized spacial score (nSPS) is 9.79. The monoisotopic (exact) mass is 191 g/mol. The summed E-state index contributed by atoms with van der Waals surface area (Å²) in [7, 11) is 0. The molecule has 0 radical (unpaired) electrons. The standard InChI is InChI=1S/C12H14FN/c1-3-4-7-14-9-11-8-10(2)5-6-12(11)13/h1,5-6,8,14H,4,7,9H2,2H3. The van der Waals surface area contributed by atoms with E-state index in [9.17, 15) is 4.39 Å². The molecule has 0 saturated heterocycles. The van der Waals surface area contributed by atoms with Gasteiger partial charge in [0, 0.05) is 25.1 Å². The highest BCUT2D eigenvalue weighted by atomic mass is 19.1. The Balaban J connectivity index is 2.50. The van der Waals surface area contributed by atoms with Crippen molar-refractivity contribution in [2.45, 2.75) is 19.9 Å². The number of hydrogen-bond donors (Lipinski definition) is 1. The van der Waals surface area contributed by atoms with Gasteiger partial charge in [-0.15, -0.1) is 12.3 Å². The average molecular weight is 191 g/mol. The van der Waals surface area contributed by atoms with E-state index in [1.54, 1.807) is 6.07 Å². The molecule has 0 fully saturated rings. The highest BCUT2D eigenvalue weighted by Gasteiger charge is 2.00. The molecular formula is C12H14FN. The quantitative estimate of drug-likeness (QED) is 0.568. The minimum absolute atomic E-state index is 0.163. The maximum absolute atomic E-state index is 13.2. The summed E-state index contributed by atoms with van der Waals surface area (Å²) in [5, 5.41) is 3.09. The van der Waals surface area contributed by atoms with E-state index in [0.29, 0.717) is 18.5 Å².